The molecule has 2 aromatic heterocycles. The first-order valence-corrected chi connectivity index (χ1v) is 8.00. The molecule has 3 N–H and O–H groups in total. The van der Waals surface area contributed by atoms with Crippen LogP contribution < -0.4 is 11.1 Å². The van der Waals surface area contributed by atoms with Gasteiger partial charge in [0.25, 0.3) is 0 Å². The van der Waals surface area contributed by atoms with Gasteiger partial charge in [-0.1, -0.05) is 38.1 Å². The number of fused-ring (bicyclic) bond motifs is 1. The number of para-hydroxylation sites is 1. The molecule has 1 amide bonds. The molecule has 1 aromatic carbocycles. The highest BCUT2D eigenvalue weighted by atomic mass is 16.1. The summed E-state index contributed by atoms with van der Waals surface area (Å²) < 4.78 is 1.81. The van der Waals surface area contributed by atoms with E-state index < -0.39 is 0 Å². The summed E-state index contributed by atoms with van der Waals surface area (Å²) in [5.74, 6) is 0.206. The van der Waals surface area contributed by atoms with Crippen LogP contribution in [0.15, 0.2) is 48.5 Å². The van der Waals surface area contributed by atoms with Gasteiger partial charge < -0.3 is 11.1 Å². The lowest BCUT2D eigenvalue weighted by molar-refractivity contribution is -0.122. The second-order valence-corrected chi connectivity index (χ2v) is 6.09. The lowest BCUT2D eigenvalue weighted by atomic mass is 9.91. The molecule has 6 heteroatoms. The molecule has 0 aliphatic heterocycles. The molecular formula is C18H21N5O. The van der Waals surface area contributed by atoms with Crippen molar-refractivity contribution in [1.82, 2.24) is 14.6 Å². The molecular weight excluding hydrogens is 302 g/mol. The molecule has 124 valence electrons. The number of carbonyl (C=O) groups excluding carboxylic acids is 1. The van der Waals surface area contributed by atoms with E-state index in [4.69, 9.17) is 5.73 Å². The predicted octanol–water partition coefficient (Wildman–Crippen LogP) is 2.77. The first-order chi connectivity index (χ1) is 11.5. The normalized spacial score (nSPS) is 13.6. The van der Waals surface area contributed by atoms with Gasteiger partial charge in [-0.25, -0.2) is 4.52 Å². The minimum absolute atomic E-state index is 0.128. The third-order valence-electron chi connectivity index (χ3n) is 4.30. The molecule has 0 saturated carbocycles. The molecule has 3 aromatic rings. The number of hydrogen-bond acceptors (Lipinski definition) is 4. The summed E-state index contributed by atoms with van der Waals surface area (Å²) in [5.41, 5.74) is 8.12. The number of pyridine rings is 1. The summed E-state index contributed by atoms with van der Waals surface area (Å²) in [5, 5.41) is 7.74. The second kappa shape index (κ2) is 6.70. The monoisotopic (exact) mass is 323 g/mol. The van der Waals surface area contributed by atoms with Gasteiger partial charge in [-0.05, 0) is 36.6 Å². The van der Waals surface area contributed by atoms with Crippen LogP contribution in [0.1, 0.15) is 19.5 Å². The topological polar surface area (TPSA) is 85.3 Å². The zero-order valence-corrected chi connectivity index (χ0v) is 13.8. The van der Waals surface area contributed by atoms with E-state index in [2.05, 4.69) is 15.4 Å². The third-order valence-corrected chi connectivity index (χ3v) is 4.30. The molecule has 0 aliphatic rings. The fourth-order valence-corrected chi connectivity index (χ4v) is 2.60. The third kappa shape index (κ3) is 3.37. The van der Waals surface area contributed by atoms with Gasteiger partial charge >= 0.3 is 0 Å². The number of carbonyl (C=O) groups is 1. The molecule has 3 rings (SSSR count). The minimum Gasteiger partial charge on any atom is -0.369 e. The summed E-state index contributed by atoms with van der Waals surface area (Å²) in [4.78, 5) is 15.9. The molecule has 0 spiro atoms. The number of amides is 1. The maximum atomic E-state index is 11.4. The molecule has 24 heavy (non-hydrogen) atoms. The average Bonchev–Trinajstić information content (AvgIpc) is 2.98. The van der Waals surface area contributed by atoms with Gasteiger partial charge in [0, 0.05) is 17.3 Å². The Kier molecular flexibility index (Phi) is 4.46. The van der Waals surface area contributed by atoms with Gasteiger partial charge in [0.05, 0.1) is 0 Å². The van der Waals surface area contributed by atoms with Crippen LogP contribution in [-0.4, -0.2) is 20.5 Å². The lowest BCUT2D eigenvalue weighted by Crippen LogP contribution is -2.27. The Hall–Kier alpha value is -2.89. The van der Waals surface area contributed by atoms with Crippen LogP contribution in [0.5, 0.6) is 0 Å². The molecule has 2 heterocycles. The summed E-state index contributed by atoms with van der Waals surface area (Å²) in [6.07, 6.45) is 0.704. The Labute approximate surface area is 140 Å². The van der Waals surface area contributed by atoms with Crippen molar-refractivity contribution in [3.8, 4) is 0 Å². The standard InChI is InChI=1S/C18H21N5O/c1-12(13(2)17(19)24)11-15-9-6-10-16-21-18(22-23(15)16)20-14-7-4-3-5-8-14/h3-10,12-13H,11H2,1-2H3,(H2,19,24)(H,20,22). The predicted molar refractivity (Wildman–Crippen MR) is 93.9 cm³/mol. The highest BCUT2D eigenvalue weighted by Gasteiger charge is 2.19. The maximum absolute atomic E-state index is 11.4. The van der Waals surface area contributed by atoms with E-state index in [1.807, 2.05) is 66.9 Å². The number of anilines is 2. The molecule has 0 fully saturated rings. The van der Waals surface area contributed by atoms with Crippen molar-refractivity contribution in [2.75, 3.05) is 5.32 Å². The van der Waals surface area contributed by atoms with Crippen LogP contribution in [0.2, 0.25) is 0 Å². The van der Waals surface area contributed by atoms with E-state index in [1.165, 1.54) is 0 Å². The zero-order chi connectivity index (χ0) is 17.1. The van der Waals surface area contributed by atoms with Gasteiger partial charge in [-0.2, -0.15) is 4.98 Å². The van der Waals surface area contributed by atoms with E-state index in [0.717, 1.165) is 17.0 Å². The van der Waals surface area contributed by atoms with Crippen molar-refractivity contribution < 1.29 is 4.79 Å². The largest absolute Gasteiger partial charge is 0.369 e. The summed E-state index contributed by atoms with van der Waals surface area (Å²) in [7, 11) is 0. The number of aromatic nitrogens is 3. The Morgan fingerprint density at radius 2 is 1.92 bits per heavy atom. The number of nitrogens with zero attached hydrogens (tertiary/aromatic N) is 3. The van der Waals surface area contributed by atoms with Crippen molar-refractivity contribution in [1.29, 1.82) is 0 Å². The summed E-state index contributed by atoms with van der Waals surface area (Å²) in [6.45, 7) is 3.88. The molecule has 0 bridgehead atoms. The Morgan fingerprint density at radius 3 is 2.62 bits per heavy atom. The molecule has 2 atom stereocenters. The molecule has 0 aliphatic carbocycles. The average molecular weight is 323 g/mol. The van der Waals surface area contributed by atoms with E-state index in [-0.39, 0.29) is 17.7 Å². The van der Waals surface area contributed by atoms with Crippen molar-refractivity contribution in [2.24, 2.45) is 17.6 Å². The maximum Gasteiger partial charge on any atom is 0.247 e. The zero-order valence-electron chi connectivity index (χ0n) is 13.8. The molecule has 2 unspecified atom stereocenters. The second-order valence-electron chi connectivity index (χ2n) is 6.09. The number of benzene rings is 1. The van der Waals surface area contributed by atoms with Crippen molar-refractivity contribution in [3.63, 3.8) is 0 Å². The van der Waals surface area contributed by atoms with Crippen molar-refractivity contribution >= 4 is 23.2 Å². The summed E-state index contributed by atoms with van der Waals surface area (Å²) >= 11 is 0. The van der Waals surface area contributed by atoms with Gasteiger partial charge in [0.15, 0.2) is 5.65 Å². The Morgan fingerprint density at radius 1 is 1.17 bits per heavy atom. The number of rotatable bonds is 6. The van der Waals surface area contributed by atoms with Crippen LogP contribution in [0.3, 0.4) is 0 Å². The van der Waals surface area contributed by atoms with E-state index in [9.17, 15) is 4.79 Å². The van der Waals surface area contributed by atoms with Gasteiger partial charge in [-0.3, -0.25) is 4.79 Å². The van der Waals surface area contributed by atoms with Crippen molar-refractivity contribution in [3.05, 3.63) is 54.2 Å². The van der Waals surface area contributed by atoms with Crippen LogP contribution in [0, 0.1) is 11.8 Å². The molecule has 6 nitrogen and oxygen atoms in total. The first-order valence-electron chi connectivity index (χ1n) is 8.00. The number of nitrogens with two attached hydrogens (primary N) is 1. The van der Waals surface area contributed by atoms with Gasteiger partial charge in [-0.15, -0.1) is 5.10 Å². The van der Waals surface area contributed by atoms with Crippen LogP contribution in [0.4, 0.5) is 11.6 Å². The van der Waals surface area contributed by atoms with E-state index in [0.29, 0.717) is 12.4 Å². The number of hydrogen-bond donors (Lipinski definition) is 2. The van der Waals surface area contributed by atoms with Gasteiger partial charge in [0.1, 0.15) is 0 Å². The number of primary amides is 1. The fraction of sp³-hybridized carbons (Fsp3) is 0.278. The van der Waals surface area contributed by atoms with Crippen LogP contribution in [0.25, 0.3) is 5.65 Å². The quantitative estimate of drug-likeness (QED) is 0.730. The van der Waals surface area contributed by atoms with E-state index in [1.54, 1.807) is 0 Å². The summed E-state index contributed by atoms with van der Waals surface area (Å²) in [6, 6.07) is 15.7. The highest BCUT2D eigenvalue weighted by molar-refractivity contribution is 5.76. The Bertz CT molecular complexity index is 843. The fourth-order valence-electron chi connectivity index (χ4n) is 2.60. The first kappa shape index (κ1) is 16.0. The van der Waals surface area contributed by atoms with Crippen molar-refractivity contribution in [2.45, 2.75) is 20.3 Å². The van der Waals surface area contributed by atoms with E-state index >= 15 is 0 Å². The smallest absolute Gasteiger partial charge is 0.247 e. The van der Waals surface area contributed by atoms with Gasteiger partial charge in [0.2, 0.25) is 11.9 Å². The SMILES string of the molecule is CC(Cc1cccc2nc(Nc3ccccc3)nn12)C(C)C(N)=O. The minimum atomic E-state index is -0.278. The lowest BCUT2D eigenvalue weighted by Gasteiger charge is -2.16. The molecule has 0 radical (unpaired) electrons. The Balaban J connectivity index is 1.86. The number of nitrogens with one attached hydrogen (secondary N) is 1. The van der Waals surface area contributed by atoms with Crippen LogP contribution in [-0.2, 0) is 11.2 Å². The van der Waals surface area contributed by atoms with Crippen LogP contribution >= 0.6 is 0 Å². The highest BCUT2D eigenvalue weighted by Crippen LogP contribution is 2.19. The molecule has 0 saturated heterocycles.